The average molecular weight is 269 g/mol. The predicted octanol–water partition coefficient (Wildman–Crippen LogP) is 2.15. The van der Waals surface area contributed by atoms with Crippen LogP contribution in [0.15, 0.2) is 18.3 Å². The highest BCUT2D eigenvalue weighted by molar-refractivity contribution is 6.21. The van der Waals surface area contributed by atoms with E-state index in [9.17, 15) is 14.9 Å². The highest BCUT2D eigenvalue weighted by atomic mass is 16.2. The standard InChI is InChI=1S/C15H15N3O2/c1-10-4-6-15(9-16,7-5-10)18-13(19)11-3-2-8-17-12(11)14(18)20/h2-3,8,10H,4-7H2,1H3. The monoisotopic (exact) mass is 269 g/mol. The minimum Gasteiger partial charge on any atom is -0.268 e. The van der Waals surface area contributed by atoms with Crippen LogP contribution < -0.4 is 0 Å². The van der Waals surface area contributed by atoms with Gasteiger partial charge in [0.15, 0.2) is 0 Å². The summed E-state index contributed by atoms with van der Waals surface area (Å²) in [4.78, 5) is 30.1. The van der Waals surface area contributed by atoms with Gasteiger partial charge in [0.25, 0.3) is 11.8 Å². The zero-order valence-electron chi connectivity index (χ0n) is 11.3. The Hall–Kier alpha value is -2.22. The molecule has 1 aliphatic heterocycles. The number of amides is 2. The number of carbonyl (C=O) groups excluding carboxylic acids is 2. The van der Waals surface area contributed by atoms with Gasteiger partial charge in [-0.1, -0.05) is 6.92 Å². The van der Waals surface area contributed by atoms with E-state index in [1.165, 1.54) is 6.20 Å². The molecule has 2 aliphatic rings. The van der Waals surface area contributed by atoms with Crippen LogP contribution >= 0.6 is 0 Å². The lowest BCUT2D eigenvalue weighted by Crippen LogP contribution is -2.52. The summed E-state index contributed by atoms with van der Waals surface area (Å²) in [7, 11) is 0. The van der Waals surface area contributed by atoms with Crippen LogP contribution in [-0.2, 0) is 0 Å². The molecule has 2 amide bonds. The number of aromatic nitrogens is 1. The van der Waals surface area contributed by atoms with Crippen molar-refractivity contribution in [1.29, 1.82) is 5.26 Å². The summed E-state index contributed by atoms with van der Waals surface area (Å²) < 4.78 is 0. The van der Waals surface area contributed by atoms with Gasteiger partial charge in [-0.2, -0.15) is 5.26 Å². The van der Waals surface area contributed by atoms with E-state index in [-0.39, 0.29) is 11.6 Å². The van der Waals surface area contributed by atoms with Gasteiger partial charge in [-0.25, -0.2) is 0 Å². The molecule has 3 rings (SSSR count). The SMILES string of the molecule is CC1CCC(C#N)(N2C(=O)c3cccnc3C2=O)CC1. The Balaban J connectivity index is 2.02. The number of fused-ring (bicyclic) bond motifs is 1. The molecule has 0 radical (unpaired) electrons. The molecule has 102 valence electrons. The molecule has 1 fully saturated rings. The Morgan fingerprint density at radius 2 is 2.05 bits per heavy atom. The fourth-order valence-corrected chi connectivity index (χ4v) is 3.08. The lowest BCUT2D eigenvalue weighted by Gasteiger charge is -2.39. The zero-order chi connectivity index (χ0) is 14.3. The third-order valence-electron chi connectivity index (χ3n) is 4.38. The van der Waals surface area contributed by atoms with Crippen molar-refractivity contribution in [2.24, 2.45) is 5.92 Å². The maximum atomic E-state index is 12.5. The van der Waals surface area contributed by atoms with Crippen LogP contribution in [0.3, 0.4) is 0 Å². The van der Waals surface area contributed by atoms with Gasteiger partial charge < -0.3 is 0 Å². The molecular formula is C15H15N3O2. The Morgan fingerprint density at radius 1 is 1.35 bits per heavy atom. The minimum absolute atomic E-state index is 0.172. The van der Waals surface area contributed by atoms with Gasteiger partial charge in [0.05, 0.1) is 11.6 Å². The largest absolute Gasteiger partial charge is 0.281 e. The van der Waals surface area contributed by atoms with Crippen molar-refractivity contribution in [3.8, 4) is 6.07 Å². The first kappa shape index (κ1) is 12.8. The number of hydrogen-bond donors (Lipinski definition) is 0. The van der Waals surface area contributed by atoms with Crippen LogP contribution in [0.1, 0.15) is 53.5 Å². The van der Waals surface area contributed by atoms with Gasteiger partial charge in [0, 0.05) is 6.20 Å². The first-order valence-electron chi connectivity index (χ1n) is 6.84. The highest BCUT2D eigenvalue weighted by Gasteiger charge is 2.51. The van der Waals surface area contributed by atoms with Crippen LogP contribution in [0.5, 0.6) is 0 Å². The molecule has 0 saturated heterocycles. The summed E-state index contributed by atoms with van der Waals surface area (Å²) in [5.74, 6) is -0.277. The van der Waals surface area contributed by atoms with Gasteiger partial charge in [-0.05, 0) is 43.7 Å². The minimum atomic E-state index is -0.999. The molecule has 5 heteroatoms. The molecule has 0 atom stereocenters. The molecule has 0 unspecified atom stereocenters. The normalized spacial score (nSPS) is 29.2. The molecule has 1 saturated carbocycles. The van der Waals surface area contributed by atoms with E-state index >= 15 is 0 Å². The molecule has 0 N–H and O–H groups in total. The number of pyridine rings is 1. The van der Waals surface area contributed by atoms with Gasteiger partial charge in [0.1, 0.15) is 11.2 Å². The van der Waals surface area contributed by atoms with E-state index in [2.05, 4.69) is 18.0 Å². The topological polar surface area (TPSA) is 74.1 Å². The molecule has 2 heterocycles. The van der Waals surface area contributed by atoms with E-state index in [1.54, 1.807) is 12.1 Å². The second kappa shape index (κ2) is 4.41. The molecule has 1 aromatic heterocycles. The summed E-state index contributed by atoms with van der Waals surface area (Å²) in [6, 6.07) is 5.46. The summed E-state index contributed by atoms with van der Waals surface area (Å²) in [6.45, 7) is 2.13. The van der Waals surface area contributed by atoms with E-state index in [0.717, 1.165) is 17.7 Å². The fraction of sp³-hybridized carbons (Fsp3) is 0.467. The Kier molecular flexibility index (Phi) is 2.82. The van der Waals surface area contributed by atoms with E-state index < -0.39 is 11.4 Å². The molecular weight excluding hydrogens is 254 g/mol. The fourth-order valence-electron chi connectivity index (χ4n) is 3.08. The third-order valence-corrected chi connectivity index (χ3v) is 4.38. The molecule has 20 heavy (non-hydrogen) atoms. The van der Waals surface area contributed by atoms with Gasteiger partial charge in [0.2, 0.25) is 0 Å². The smallest absolute Gasteiger partial charge is 0.268 e. The summed E-state index contributed by atoms with van der Waals surface area (Å²) >= 11 is 0. The number of imide groups is 1. The van der Waals surface area contributed by atoms with Gasteiger partial charge in [-0.3, -0.25) is 19.5 Å². The van der Waals surface area contributed by atoms with Crippen molar-refractivity contribution in [3.63, 3.8) is 0 Å². The first-order valence-corrected chi connectivity index (χ1v) is 6.84. The molecule has 5 nitrogen and oxygen atoms in total. The van der Waals surface area contributed by atoms with Crippen LogP contribution in [0.2, 0.25) is 0 Å². The van der Waals surface area contributed by atoms with Crippen molar-refractivity contribution >= 4 is 11.8 Å². The first-order chi connectivity index (χ1) is 9.59. The average Bonchev–Trinajstić information content (AvgIpc) is 2.74. The van der Waals surface area contributed by atoms with Crippen LogP contribution in [0.4, 0.5) is 0 Å². The van der Waals surface area contributed by atoms with Crippen molar-refractivity contribution in [1.82, 2.24) is 9.88 Å². The predicted molar refractivity (Wildman–Crippen MR) is 70.7 cm³/mol. The molecule has 1 aromatic rings. The van der Waals surface area contributed by atoms with Crippen molar-refractivity contribution in [2.45, 2.75) is 38.1 Å². The van der Waals surface area contributed by atoms with Crippen molar-refractivity contribution in [2.75, 3.05) is 0 Å². The van der Waals surface area contributed by atoms with Crippen LogP contribution in [0, 0.1) is 17.2 Å². The summed E-state index contributed by atoms with van der Waals surface area (Å²) in [5, 5.41) is 9.59. The number of hydrogen-bond acceptors (Lipinski definition) is 4. The number of nitrogens with zero attached hydrogens (tertiary/aromatic N) is 3. The third kappa shape index (κ3) is 1.64. The lowest BCUT2D eigenvalue weighted by molar-refractivity contribution is 0.0419. The van der Waals surface area contributed by atoms with Crippen LogP contribution in [-0.4, -0.2) is 27.2 Å². The maximum Gasteiger partial charge on any atom is 0.281 e. The number of rotatable bonds is 1. The van der Waals surface area contributed by atoms with E-state index in [1.807, 2.05) is 0 Å². The quantitative estimate of drug-likeness (QED) is 0.732. The van der Waals surface area contributed by atoms with Crippen LogP contribution in [0.25, 0.3) is 0 Å². The Morgan fingerprint density at radius 3 is 2.65 bits per heavy atom. The van der Waals surface area contributed by atoms with Gasteiger partial charge >= 0.3 is 0 Å². The molecule has 1 aliphatic carbocycles. The molecule has 0 aromatic carbocycles. The highest BCUT2D eigenvalue weighted by Crippen LogP contribution is 2.39. The number of nitriles is 1. The lowest BCUT2D eigenvalue weighted by atomic mass is 9.77. The number of carbonyl (C=O) groups is 2. The maximum absolute atomic E-state index is 12.5. The summed E-state index contributed by atoms with van der Waals surface area (Å²) in [6.07, 6.45) is 4.31. The van der Waals surface area contributed by atoms with E-state index in [0.29, 0.717) is 24.3 Å². The van der Waals surface area contributed by atoms with Crippen molar-refractivity contribution in [3.05, 3.63) is 29.6 Å². The Bertz CT molecular complexity index is 589. The molecule has 0 spiro atoms. The Labute approximate surface area is 117 Å². The van der Waals surface area contributed by atoms with Crippen molar-refractivity contribution < 1.29 is 9.59 Å². The zero-order valence-corrected chi connectivity index (χ0v) is 11.3. The second-order valence-electron chi connectivity index (χ2n) is 5.67. The van der Waals surface area contributed by atoms with E-state index in [4.69, 9.17) is 0 Å². The second-order valence-corrected chi connectivity index (χ2v) is 5.67. The van der Waals surface area contributed by atoms with Gasteiger partial charge in [-0.15, -0.1) is 0 Å². The summed E-state index contributed by atoms with van der Waals surface area (Å²) in [5.41, 5.74) is -0.516. The molecule has 0 bridgehead atoms.